The lowest BCUT2D eigenvalue weighted by Gasteiger charge is -2.26. The molecule has 16 nitrogen and oxygen atoms in total. The molecule has 4 atom stereocenters. The summed E-state index contributed by atoms with van der Waals surface area (Å²) < 4.78 is 5.61. The van der Waals surface area contributed by atoms with Crippen LogP contribution in [0.25, 0.3) is 11.1 Å². The van der Waals surface area contributed by atoms with E-state index in [0.717, 1.165) is 22.3 Å². The van der Waals surface area contributed by atoms with Gasteiger partial charge in [-0.2, -0.15) is 0 Å². The quantitative estimate of drug-likeness (QED) is 0.0649. The number of carboxylic acids is 1. The van der Waals surface area contributed by atoms with Crippen LogP contribution in [0.15, 0.2) is 78.9 Å². The Morgan fingerprint density at radius 1 is 0.656 bits per heavy atom. The lowest BCUT2D eigenvalue weighted by atomic mass is 9.98. The highest BCUT2D eigenvalue weighted by Gasteiger charge is 2.32. The lowest BCUT2D eigenvalue weighted by molar-refractivity contribution is -0.142. The Morgan fingerprint density at radius 2 is 1.23 bits per heavy atom. The van der Waals surface area contributed by atoms with Crippen LogP contribution in [0, 0.1) is 11.8 Å². The SMILES string of the molecule is CC(C)C[C@H](NC(=O)[C@H](Cc1ccccc1)NC(=O)CNC(=O)CNC(=O)[C@@H](NC(=O)OCC1c2ccccc2-c2ccccc21)C(C)C)C(=O)N[C@@H](CCCCN)C(=O)O. The first-order valence-corrected chi connectivity index (χ1v) is 20.7. The van der Waals surface area contributed by atoms with Crippen molar-refractivity contribution in [3.8, 4) is 11.1 Å². The molecule has 328 valence electrons. The maximum atomic E-state index is 13.7. The molecule has 0 spiro atoms. The number of hydrogen-bond acceptors (Lipinski definition) is 9. The molecule has 0 saturated heterocycles. The molecule has 1 aliphatic rings. The Bertz CT molecular complexity index is 1950. The van der Waals surface area contributed by atoms with Gasteiger partial charge in [0.2, 0.25) is 29.5 Å². The third kappa shape index (κ3) is 14.4. The molecule has 0 bridgehead atoms. The van der Waals surface area contributed by atoms with Crippen molar-refractivity contribution in [1.82, 2.24) is 31.9 Å². The van der Waals surface area contributed by atoms with Gasteiger partial charge in [-0.05, 0) is 71.9 Å². The van der Waals surface area contributed by atoms with Crippen molar-refractivity contribution < 1.29 is 43.4 Å². The zero-order valence-corrected chi connectivity index (χ0v) is 35.2. The molecule has 9 N–H and O–H groups in total. The van der Waals surface area contributed by atoms with Gasteiger partial charge in [-0.3, -0.25) is 24.0 Å². The predicted octanol–water partition coefficient (Wildman–Crippen LogP) is 2.74. The van der Waals surface area contributed by atoms with Gasteiger partial charge in [0.05, 0.1) is 13.1 Å². The molecule has 16 heteroatoms. The molecule has 0 saturated carbocycles. The zero-order chi connectivity index (χ0) is 44.5. The number of alkyl carbamates (subject to hydrolysis) is 1. The number of nitrogens with one attached hydrogen (secondary N) is 6. The van der Waals surface area contributed by atoms with Crippen molar-refractivity contribution in [3.05, 3.63) is 95.6 Å². The Labute approximate surface area is 356 Å². The van der Waals surface area contributed by atoms with Gasteiger partial charge >= 0.3 is 12.1 Å². The van der Waals surface area contributed by atoms with Gasteiger partial charge in [-0.1, -0.05) is 107 Å². The third-order valence-electron chi connectivity index (χ3n) is 10.3. The summed E-state index contributed by atoms with van der Waals surface area (Å²) in [5.74, 6) is -5.22. The Hall–Kier alpha value is -6.29. The third-order valence-corrected chi connectivity index (χ3v) is 10.3. The van der Waals surface area contributed by atoms with E-state index in [0.29, 0.717) is 24.9 Å². The average Bonchev–Trinajstić information content (AvgIpc) is 3.55. The summed E-state index contributed by atoms with van der Waals surface area (Å²) in [6, 6.07) is 20.2. The van der Waals surface area contributed by atoms with Gasteiger partial charge in [0.15, 0.2) is 0 Å². The number of amides is 6. The van der Waals surface area contributed by atoms with Crippen LogP contribution in [0.5, 0.6) is 0 Å². The normalized spacial score (nSPS) is 13.8. The van der Waals surface area contributed by atoms with Crippen molar-refractivity contribution >= 4 is 41.6 Å². The van der Waals surface area contributed by atoms with Crippen LogP contribution >= 0.6 is 0 Å². The van der Waals surface area contributed by atoms with Gasteiger partial charge in [-0.25, -0.2) is 9.59 Å². The highest BCUT2D eigenvalue weighted by molar-refractivity contribution is 5.95. The summed E-state index contributed by atoms with van der Waals surface area (Å²) in [7, 11) is 0. The fourth-order valence-corrected chi connectivity index (χ4v) is 7.12. The number of carboxylic acid groups (broad SMARTS) is 1. The number of hydrogen-bond donors (Lipinski definition) is 8. The van der Waals surface area contributed by atoms with Crippen molar-refractivity contribution in [3.63, 3.8) is 0 Å². The summed E-state index contributed by atoms with van der Waals surface area (Å²) in [5, 5.41) is 25.1. The van der Waals surface area contributed by atoms with Crippen LogP contribution < -0.4 is 37.6 Å². The van der Waals surface area contributed by atoms with E-state index in [-0.39, 0.29) is 43.6 Å². The highest BCUT2D eigenvalue weighted by atomic mass is 16.5. The Morgan fingerprint density at radius 3 is 1.82 bits per heavy atom. The van der Waals surface area contributed by atoms with Crippen LogP contribution in [0.1, 0.15) is 76.0 Å². The molecule has 3 aromatic carbocycles. The monoisotopic (exact) mass is 841 g/mol. The van der Waals surface area contributed by atoms with E-state index in [1.54, 1.807) is 44.2 Å². The second-order valence-electron chi connectivity index (χ2n) is 15.9. The molecule has 0 aromatic heterocycles. The van der Waals surface area contributed by atoms with Gasteiger partial charge in [-0.15, -0.1) is 0 Å². The van der Waals surface area contributed by atoms with Gasteiger partial charge in [0.1, 0.15) is 30.8 Å². The maximum Gasteiger partial charge on any atom is 0.407 e. The van der Waals surface area contributed by atoms with Crippen molar-refractivity contribution in [2.75, 3.05) is 26.2 Å². The van der Waals surface area contributed by atoms with Crippen LogP contribution in [0.3, 0.4) is 0 Å². The number of aliphatic carboxylic acids is 1. The second kappa shape index (κ2) is 23.5. The fraction of sp³-hybridized carbons (Fsp3) is 0.444. The van der Waals surface area contributed by atoms with Crippen LogP contribution in [0.4, 0.5) is 4.79 Å². The van der Waals surface area contributed by atoms with Crippen molar-refractivity contribution in [1.29, 1.82) is 0 Å². The number of carbonyl (C=O) groups excluding carboxylic acids is 6. The summed E-state index contributed by atoms with van der Waals surface area (Å²) >= 11 is 0. The number of unbranched alkanes of at least 4 members (excludes halogenated alkanes) is 1. The molecule has 4 rings (SSSR count). The summed E-state index contributed by atoms with van der Waals surface area (Å²) in [4.78, 5) is 90.9. The summed E-state index contributed by atoms with van der Waals surface area (Å²) in [6.07, 6.45) is 0.692. The van der Waals surface area contributed by atoms with E-state index < -0.39 is 78.9 Å². The van der Waals surface area contributed by atoms with Crippen molar-refractivity contribution in [2.45, 2.75) is 89.9 Å². The fourth-order valence-electron chi connectivity index (χ4n) is 7.12. The molecule has 61 heavy (non-hydrogen) atoms. The molecule has 0 aliphatic heterocycles. The largest absolute Gasteiger partial charge is 0.480 e. The number of rotatable bonds is 23. The summed E-state index contributed by atoms with van der Waals surface area (Å²) in [5.41, 5.74) is 10.5. The molecular weight excluding hydrogens is 783 g/mol. The molecule has 1 aliphatic carbocycles. The van der Waals surface area contributed by atoms with E-state index in [9.17, 15) is 38.7 Å². The molecule has 0 fully saturated rings. The average molecular weight is 842 g/mol. The zero-order valence-electron chi connectivity index (χ0n) is 35.2. The number of fused-ring (bicyclic) bond motifs is 3. The first-order valence-electron chi connectivity index (χ1n) is 20.7. The molecule has 6 amide bonds. The molecular formula is C45H59N7O9. The standard InChI is InChI=1S/C45H59N7O9/c1-27(2)22-36(41(55)50-35(44(58)59)20-12-13-21-46)51-42(56)37(23-29-14-6-5-7-15-29)49-39(54)25-47-38(53)24-48-43(57)40(28(3)4)52-45(60)61-26-34-32-18-10-8-16-30(32)31-17-9-11-19-33(31)34/h5-11,14-19,27-28,34-37,40H,12-13,20-26,46H2,1-4H3,(H,47,53)(H,48,57)(H,49,54)(H,50,55)(H,51,56)(H,52,60)(H,58,59)/t35-,36-,37-,40-/m0/s1. The van der Waals surface area contributed by atoms with Crippen LogP contribution in [-0.4, -0.2) is 97.1 Å². The number of nitrogens with two attached hydrogens (primary N) is 1. The van der Waals surface area contributed by atoms with E-state index in [1.165, 1.54) is 0 Å². The van der Waals surface area contributed by atoms with E-state index in [4.69, 9.17) is 10.5 Å². The number of benzene rings is 3. The van der Waals surface area contributed by atoms with Gasteiger partial charge < -0.3 is 47.5 Å². The van der Waals surface area contributed by atoms with Crippen molar-refractivity contribution in [2.24, 2.45) is 17.6 Å². The van der Waals surface area contributed by atoms with Gasteiger partial charge in [0.25, 0.3) is 0 Å². The second-order valence-corrected chi connectivity index (χ2v) is 15.9. The van der Waals surface area contributed by atoms with E-state index in [1.807, 2.05) is 62.4 Å². The number of carbonyl (C=O) groups is 7. The molecule has 0 radical (unpaired) electrons. The smallest absolute Gasteiger partial charge is 0.407 e. The Kier molecular flexibility index (Phi) is 18.2. The predicted molar refractivity (Wildman–Crippen MR) is 229 cm³/mol. The maximum absolute atomic E-state index is 13.7. The van der Waals surface area contributed by atoms with E-state index in [2.05, 4.69) is 31.9 Å². The topological polar surface area (TPSA) is 247 Å². The van der Waals surface area contributed by atoms with E-state index >= 15 is 0 Å². The molecule has 3 aromatic rings. The Balaban J connectivity index is 1.30. The van der Waals surface area contributed by atoms with Crippen LogP contribution in [0.2, 0.25) is 0 Å². The minimum atomic E-state index is -1.21. The minimum absolute atomic E-state index is 0.0442. The highest BCUT2D eigenvalue weighted by Crippen LogP contribution is 2.44. The summed E-state index contributed by atoms with van der Waals surface area (Å²) in [6.45, 7) is 6.54. The lowest BCUT2D eigenvalue weighted by Crippen LogP contribution is -2.57. The van der Waals surface area contributed by atoms with Crippen LogP contribution in [-0.2, 0) is 39.9 Å². The van der Waals surface area contributed by atoms with Gasteiger partial charge in [0, 0.05) is 12.3 Å². The minimum Gasteiger partial charge on any atom is -0.480 e. The number of ether oxygens (including phenoxy) is 1. The first-order chi connectivity index (χ1) is 29.2. The molecule has 0 heterocycles. The molecule has 0 unspecified atom stereocenters. The first kappa shape index (κ1) is 47.4.